The highest BCUT2D eigenvalue weighted by molar-refractivity contribution is 7.90. The van der Waals surface area contributed by atoms with Crippen molar-refractivity contribution in [3.05, 3.63) is 0 Å². The average molecular weight is 320 g/mol. The maximum absolute atomic E-state index is 12.0. The number of nitrogens with zero attached hydrogens (tertiary/aromatic N) is 1. The van der Waals surface area contributed by atoms with Gasteiger partial charge in [0.15, 0.2) is 0 Å². The second-order valence-corrected chi connectivity index (χ2v) is 7.94. The molecule has 1 unspecified atom stereocenters. The van der Waals surface area contributed by atoms with Crippen LogP contribution in [0.3, 0.4) is 0 Å². The molecule has 2 amide bonds. The molecule has 0 radical (unpaired) electrons. The molecule has 7 nitrogen and oxygen atoms in total. The predicted molar refractivity (Wildman–Crippen MR) is 78.9 cm³/mol. The number of piperidine rings is 1. The molecule has 1 aliphatic rings. The Hall–Kier alpha value is -1.31. The van der Waals surface area contributed by atoms with Gasteiger partial charge < -0.3 is 15.3 Å². The third-order valence-corrected chi connectivity index (χ3v) is 4.99. The second-order valence-electron chi connectivity index (χ2n) is 5.68. The van der Waals surface area contributed by atoms with Crippen molar-refractivity contribution in [2.45, 2.75) is 32.6 Å². The van der Waals surface area contributed by atoms with E-state index in [1.54, 1.807) is 0 Å². The van der Waals surface area contributed by atoms with E-state index >= 15 is 0 Å². The van der Waals surface area contributed by atoms with E-state index in [1.165, 1.54) is 4.90 Å². The number of hydrogen-bond donors (Lipinski definition) is 2. The molecule has 0 aliphatic carbocycles. The van der Waals surface area contributed by atoms with Gasteiger partial charge in [-0.25, -0.2) is 13.2 Å². The van der Waals surface area contributed by atoms with E-state index in [1.807, 2.05) is 6.92 Å². The van der Waals surface area contributed by atoms with Crippen LogP contribution < -0.4 is 5.32 Å². The Labute approximate surface area is 125 Å². The highest BCUT2D eigenvalue weighted by Crippen LogP contribution is 2.33. The number of aliphatic carboxylic acids is 1. The van der Waals surface area contributed by atoms with Gasteiger partial charge in [0.05, 0.1) is 11.2 Å². The van der Waals surface area contributed by atoms with Crippen molar-refractivity contribution in [1.29, 1.82) is 0 Å². The maximum atomic E-state index is 12.0. The van der Waals surface area contributed by atoms with E-state index in [2.05, 4.69) is 5.32 Å². The van der Waals surface area contributed by atoms with Crippen molar-refractivity contribution in [1.82, 2.24) is 10.2 Å². The first-order valence-corrected chi connectivity index (χ1v) is 9.20. The summed E-state index contributed by atoms with van der Waals surface area (Å²) in [5.41, 5.74) is -0.859. The summed E-state index contributed by atoms with van der Waals surface area (Å²) in [5, 5.41) is 12.0. The van der Waals surface area contributed by atoms with Crippen LogP contribution in [0.25, 0.3) is 0 Å². The molecule has 1 aliphatic heterocycles. The standard InChI is InChI=1S/C13H24N2O5S/c1-3-13(11(16)17)6-4-8-15(10-13)12(18)14-7-5-9-21(2,19)20/h3-10H2,1-2H3,(H,14,18)(H,16,17). The van der Waals surface area contributed by atoms with Gasteiger partial charge in [0.2, 0.25) is 0 Å². The predicted octanol–water partition coefficient (Wildman–Crippen LogP) is 0.708. The van der Waals surface area contributed by atoms with Gasteiger partial charge >= 0.3 is 12.0 Å². The number of likely N-dealkylation sites (tertiary alicyclic amines) is 1. The number of carboxylic acid groups (broad SMARTS) is 1. The Kier molecular flexibility index (Phi) is 6.00. The van der Waals surface area contributed by atoms with Gasteiger partial charge in [0.1, 0.15) is 9.84 Å². The molecule has 8 heteroatoms. The highest BCUT2D eigenvalue weighted by atomic mass is 32.2. The molecule has 0 aromatic rings. The molecule has 1 rings (SSSR count). The molecule has 0 bridgehead atoms. The number of hydrogen-bond acceptors (Lipinski definition) is 4. The van der Waals surface area contributed by atoms with E-state index in [0.29, 0.717) is 32.2 Å². The van der Waals surface area contributed by atoms with Gasteiger partial charge in [-0.3, -0.25) is 4.79 Å². The Balaban J connectivity index is 2.49. The summed E-state index contributed by atoms with van der Waals surface area (Å²) in [7, 11) is -3.02. The average Bonchev–Trinajstić information content (AvgIpc) is 2.42. The molecule has 0 aromatic carbocycles. The van der Waals surface area contributed by atoms with Crippen LogP contribution in [0.15, 0.2) is 0 Å². The first-order chi connectivity index (χ1) is 9.70. The molecule has 2 N–H and O–H groups in total. The molecule has 122 valence electrons. The van der Waals surface area contributed by atoms with Crippen LogP contribution in [-0.4, -0.2) is 62.1 Å². The van der Waals surface area contributed by atoms with Gasteiger partial charge in [0, 0.05) is 25.9 Å². The van der Waals surface area contributed by atoms with Crippen molar-refractivity contribution in [3.63, 3.8) is 0 Å². The number of carbonyl (C=O) groups excluding carboxylic acids is 1. The summed E-state index contributed by atoms with van der Waals surface area (Å²) >= 11 is 0. The van der Waals surface area contributed by atoms with E-state index < -0.39 is 21.2 Å². The van der Waals surface area contributed by atoms with E-state index in [0.717, 1.165) is 6.26 Å². The summed E-state index contributed by atoms with van der Waals surface area (Å²) in [4.78, 5) is 25.0. The lowest BCUT2D eigenvalue weighted by Gasteiger charge is -2.39. The topological polar surface area (TPSA) is 104 Å². The number of carbonyl (C=O) groups is 2. The molecular weight excluding hydrogens is 296 g/mol. The highest BCUT2D eigenvalue weighted by Gasteiger charge is 2.42. The Morgan fingerprint density at radius 2 is 2.05 bits per heavy atom. The molecule has 1 heterocycles. The summed E-state index contributed by atoms with van der Waals surface area (Å²) in [6, 6.07) is -0.317. The number of rotatable bonds is 6. The van der Waals surface area contributed by atoms with Crippen molar-refractivity contribution in [2.75, 3.05) is 31.6 Å². The minimum absolute atomic E-state index is 0.0291. The maximum Gasteiger partial charge on any atom is 0.317 e. The zero-order valence-corrected chi connectivity index (χ0v) is 13.4. The molecule has 1 saturated heterocycles. The molecule has 0 saturated carbocycles. The zero-order chi connectivity index (χ0) is 16.1. The van der Waals surface area contributed by atoms with Crippen LogP contribution in [0.5, 0.6) is 0 Å². The van der Waals surface area contributed by atoms with Crippen LogP contribution in [0.1, 0.15) is 32.6 Å². The smallest absolute Gasteiger partial charge is 0.317 e. The van der Waals surface area contributed by atoms with Crippen molar-refractivity contribution in [3.8, 4) is 0 Å². The van der Waals surface area contributed by atoms with Crippen LogP contribution in [0.2, 0.25) is 0 Å². The number of amides is 2. The Morgan fingerprint density at radius 1 is 1.38 bits per heavy atom. The fourth-order valence-electron chi connectivity index (χ4n) is 2.56. The molecule has 1 atom stereocenters. The van der Waals surface area contributed by atoms with E-state index in [4.69, 9.17) is 0 Å². The van der Waals surface area contributed by atoms with E-state index in [9.17, 15) is 23.1 Å². The SMILES string of the molecule is CCC1(C(=O)O)CCCN(C(=O)NCCCS(C)(=O)=O)C1. The van der Waals surface area contributed by atoms with Crippen LogP contribution in [0.4, 0.5) is 4.79 Å². The van der Waals surface area contributed by atoms with Crippen molar-refractivity contribution in [2.24, 2.45) is 5.41 Å². The quantitative estimate of drug-likeness (QED) is 0.701. The zero-order valence-electron chi connectivity index (χ0n) is 12.6. The van der Waals surface area contributed by atoms with Gasteiger partial charge in [-0.2, -0.15) is 0 Å². The third-order valence-electron chi connectivity index (χ3n) is 3.96. The summed E-state index contributed by atoms with van der Waals surface area (Å²) in [6.45, 7) is 2.83. The second kappa shape index (κ2) is 7.11. The van der Waals surface area contributed by atoms with Crippen LogP contribution in [-0.2, 0) is 14.6 Å². The third kappa shape index (κ3) is 5.18. The van der Waals surface area contributed by atoms with E-state index in [-0.39, 0.29) is 24.9 Å². The van der Waals surface area contributed by atoms with Crippen molar-refractivity contribution >= 4 is 21.8 Å². The molecule has 1 fully saturated rings. The number of nitrogens with one attached hydrogen (secondary N) is 1. The lowest BCUT2D eigenvalue weighted by atomic mass is 9.78. The largest absolute Gasteiger partial charge is 0.481 e. The lowest BCUT2D eigenvalue weighted by molar-refractivity contribution is -0.152. The molecular formula is C13H24N2O5S. The molecule has 0 spiro atoms. The Morgan fingerprint density at radius 3 is 2.57 bits per heavy atom. The van der Waals surface area contributed by atoms with Gasteiger partial charge in [-0.1, -0.05) is 6.92 Å². The van der Waals surface area contributed by atoms with Crippen LogP contribution in [0, 0.1) is 5.41 Å². The molecule has 0 aromatic heterocycles. The fraction of sp³-hybridized carbons (Fsp3) is 0.846. The Bertz CT molecular complexity index is 491. The lowest BCUT2D eigenvalue weighted by Crippen LogP contribution is -2.52. The summed E-state index contributed by atoms with van der Waals surface area (Å²) < 4.78 is 22.0. The summed E-state index contributed by atoms with van der Waals surface area (Å²) in [6.07, 6.45) is 3.24. The van der Waals surface area contributed by atoms with Crippen LogP contribution >= 0.6 is 0 Å². The fourth-order valence-corrected chi connectivity index (χ4v) is 3.23. The number of carboxylic acids is 1. The normalized spacial score (nSPS) is 22.9. The minimum atomic E-state index is -3.02. The number of sulfone groups is 1. The first-order valence-electron chi connectivity index (χ1n) is 7.14. The monoisotopic (exact) mass is 320 g/mol. The number of urea groups is 1. The molecule has 21 heavy (non-hydrogen) atoms. The van der Waals surface area contributed by atoms with Gasteiger partial charge in [-0.05, 0) is 25.7 Å². The van der Waals surface area contributed by atoms with Gasteiger partial charge in [0.25, 0.3) is 0 Å². The minimum Gasteiger partial charge on any atom is -0.481 e. The summed E-state index contributed by atoms with van der Waals surface area (Å²) in [5.74, 6) is -0.832. The van der Waals surface area contributed by atoms with Crippen molar-refractivity contribution < 1.29 is 23.1 Å². The van der Waals surface area contributed by atoms with Gasteiger partial charge in [-0.15, -0.1) is 0 Å². The first kappa shape index (κ1) is 17.7.